The number of nitrogens with zero attached hydrogens (tertiary/aromatic N) is 1. The van der Waals surface area contributed by atoms with Gasteiger partial charge in [-0.15, -0.1) is 0 Å². The van der Waals surface area contributed by atoms with Crippen LogP contribution in [0.2, 0.25) is 5.02 Å². The zero-order valence-electron chi connectivity index (χ0n) is 10.0. The number of allylic oxidation sites excluding steroid dienone is 1. The number of carbonyl (C=O) groups excluding carboxylic acids is 1. The van der Waals surface area contributed by atoms with E-state index in [1.165, 1.54) is 0 Å². The lowest BCUT2D eigenvalue weighted by Gasteiger charge is -2.06. The minimum absolute atomic E-state index is 0.0185. The van der Waals surface area contributed by atoms with E-state index in [-0.39, 0.29) is 17.3 Å². The van der Waals surface area contributed by atoms with Crippen LogP contribution in [0.5, 0.6) is 0 Å². The first-order chi connectivity index (χ1) is 8.70. The lowest BCUT2D eigenvalue weighted by atomic mass is 9.95. The van der Waals surface area contributed by atoms with Crippen molar-refractivity contribution in [3.05, 3.63) is 40.4 Å². The molecule has 1 aromatic rings. The summed E-state index contributed by atoms with van der Waals surface area (Å²) in [5.74, 6) is 0.0186. The van der Waals surface area contributed by atoms with Gasteiger partial charge >= 0.3 is 0 Å². The molecule has 18 heavy (non-hydrogen) atoms. The number of hydrogen-bond donors (Lipinski definition) is 0. The fraction of sp³-hybridized carbons (Fsp3) is 0.333. The fourth-order valence-electron chi connectivity index (χ4n) is 2.33. The van der Waals surface area contributed by atoms with Gasteiger partial charge in [0.1, 0.15) is 6.07 Å². The van der Waals surface area contributed by atoms with E-state index in [1.54, 1.807) is 18.2 Å². The van der Waals surface area contributed by atoms with Crippen LogP contribution in [0.25, 0.3) is 6.08 Å². The Hall–Kier alpha value is -1.59. The first kappa shape index (κ1) is 12.9. The number of benzene rings is 1. The number of Topliss-reactive ketones (excluding diaryl/α,β-unsaturated/α-hetero) is 1. The first-order valence-electron chi connectivity index (χ1n) is 6.12. The Morgan fingerprint density at radius 3 is 2.72 bits per heavy atom. The van der Waals surface area contributed by atoms with Crippen LogP contribution >= 0.6 is 11.6 Å². The van der Waals surface area contributed by atoms with Crippen LogP contribution in [0.15, 0.2) is 29.8 Å². The van der Waals surface area contributed by atoms with Crippen molar-refractivity contribution in [2.24, 2.45) is 5.92 Å². The second kappa shape index (κ2) is 5.84. The van der Waals surface area contributed by atoms with Crippen LogP contribution in [0.4, 0.5) is 0 Å². The van der Waals surface area contributed by atoms with Gasteiger partial charge in [0, 0.05) is 10.9 Å². The Morgan fingerprint density at radius 1 is 1.39 bits per heavy atom. The third-order valence-corrected chi connectivity index (χ3v) is 3.51. The second-order valence-corrected chi connectivity index (χ2v) is 5.01. The molecule has 1 aliphatic carbocycles. The Labute approximate surface area is 112 Å². The predicted octanol–water partition coefficient (Wildman–Crippen LogP) is 4.01. The second-order valence-electron chi connectivity index (χ2n) is 4.57. The van der Waals surface area contributed by atoms with Crippen molar-refractivity contribution in [1.29, 1.82) is 5.26 Å². The van der Waals surface area contributed by atoms with Gasteiger partial charge in [-0.2, -0.15) is 5.26 Å². The van der Waals surface area contributed by atoms with Gasteiger partial charge in [0.25, 0.3) is 0 Å². The average Bonchev–Trinajstić information content (AvgIpc) is 2.89. The van der Waals surface area contributed by atoms with E-state index >= 15 is 0 Å². The molecule has 0 atom stereocenters. The van der Waals surface area contributed by atoms with Crippen LogP contribution in [0.1, 0.15) is 31.2 Å². The molecule has 0 bridgehead atoms. The largest absolute Gasteiger partial charge is 0.293 e. The summed E-state index contributed by atoms with van der Waals surface area (Å²) < 4.78 is 0. The maximum absolute atomic E-state index is 12.1. The summed E-state index contributed by atoms with van der Waals surface area (Å²) >= 11 is 5.88. The molecule has 0 amide bonds. The highest BCUT2D eigenvalue weighted by Gasteiger charge is 2.25. The van der Waals surface area contributed by atoms with E-state index in [0.29, 0.717) is 5.02 Å². The van der Waals surface area contributed by atoms with Gasteiger partial charge in [0.15, 0.2) is 5.78 Å². The minimum atomic E-state index is -0.0185. The Bertz CT molecular complexity index is 522. The van der Waals surface area contributed by atoms with Gasteiger partial charge in [-0.1, -0.05) is 36.6 Å². The number of ketones is 1. The van der Waals surface area contributed by atoms with Crippen molar-refractivity contribution < 1.29 is 4.79 Å². The smallest absolute Gasteiger partial charge is 0.176 e. The summed E-state index contributed by atoms with van der Waals surface area (Å²) in [5.41, 5.74) is 1.04. The highest BCUT2D eigenvalue weighted by molar-refractivity contribution is 6.30. The molecule has 1 aliphatic rings. The summed E-state index contributed by atoms with van der Waals surface area (Å²) in [5, 5.41) is 9.72. The van der Waals surface area contributed by atoms with Crippen molar-refractivity contribution >= 4 is 23.5 Å². The lowest BCUT2D eigenvalue weighted by molar-refractivity contribution is -0.118. The normalized spacial score (nSPS) is 16.6. The zero-order valence-corrected chi connectivity index (χ0v) is 10.8. The Kier molecular flexibility index (Phi) is 4.17. The molecule has 0 saturated heterocycles. The molecule has 0 aliphatic heterocycles. The van der Waals surface area contributed by atoms with Gasteiger partial charge in [0.05, 0.1) is 5.57 Å². The van der Waals surface area contributed by atoms with Crippen molar-refractivity contribution in [3.8, 4) is 6.07 Å². The highest BCUT2D eigenvalue weighted by Crippen LogP contribution is 2.28. The molecule has 2 rings (SSSR count). The molecular formula is C15H14ClNO. The molecule has 0 N–H and O–H groups in total. The van der Waals surface area contributed by atoms with Gasteiger partial charge in [-0.25, -0.2) is 0 Å². The molecule has 1 saturated carbocycles. The predicted molar refractivity (Wildman–Crippen MR) is 72.0 cm³/mol. The lowest BCUT2D eigenvalue weighted by Crippen LogP contribution is -2.12. The maximum Gasteiger partial charge on any atom is 0.176 e. The molecule has 2 nitrogen and oxygen atoms in total. The molecule has 0 aromatic heterocycles. The minimum Gasteiger partial charge on any atom is -0.293 e. The van der Waals surface area contributed by atoms with Crippen LogP contribution in [0.3, 0.4) is 0 Å². The van der Waals surface area contributed by atoms with E-state index in [1.807, 2.05) is 18.2 Å². The van der Waals surface area contributed by atoms with Crippen molar-refractivity contribution in [3.63, 3.8) is 0 Å². The maximum atomic E-state index is 12.1. The standard InChI is InChI=1S/C15H14ClNO/c16-14-7-3-4-11(9-14)8-13(10-17)15(18)12-5-1-2-6-12/h3-4,7-9,12H,1-2,5-6H2. The number of rotatable bonds is 3. The van der Waals surface area contributed by atoms with Crippen LogP contribution in [-0.4, -0.2) is 5.78 Å². The average molecular weight is 260 g/mol. The molecule has 3 heteroatoms. The third kappa shape index (κ3) is 3.00. The van der Waals surface area contributed by atoms with Crippen molar-refractivity contribution in [2.45, 2.75) is 25.7 Å². The van der Waals surface area contributed by atoms with Gasteiger partial charge in [-0.3, -0.25) is 4.79 Å². The monoisotopic (exact) mass is 259 g/mol. The van der Waals surface area contributed by atoms with Crippen LogP contribution in [0, 0.1) is 17.2 Å². The van der Waals surface area contributed by atoms with E-state index < -0.39 is 0 Å². The van der Waals surface area contributed by atoms with Gasteiger partial charge < -0.3 is 0 Å². The van der Waals surface area contributed by atoms with E-state index in [0.717, 1.165) is 31.2 Å². The topological polar surface area (TPSA) is 40.9 Å². The third-order valence-electron chi connectivity index (χ3n) is 3.27. The number of hydrogen-bond acceptors (Lipinski definition) is 2. The van der Waals surface area contributed by atoms with E-state index in [4.69, 9.17) is 16.9 Å². The van der Waals surface area contributed by atoms with Crippen molar-refractivity contribution in [2.75, 3.05) is 0 Å². The molecule has 1 aromatic carbocycles. The van der Waals surface area contributed by atoms with Crippen molar-refractivity contribution in [1.82, 2.24) is 0 Å². The quantitative estimate of drug-likeness (QED) is 0.608. The summed E-state index contributed by atoms with van der Waals surface area (Å²) in [7, 11) is 0. The van der Waals surface area contributed by atoms with Gasteiger partial charge in [0.2, 0.25) is 0 Å². The molecule has 92 valence electrons. The molecule has 0 heterocycles. The molecule has 0 spiro atoms. The highest BCUT2D eigenvalue weighted by atomic mass is 35.5. The zero-order chi connectivity index (χ0) is 13.0. The fourth-order valence-corrected chi connectivity index (χ4v) is 2.53. The summed E-state index contributed by atoms with van der Waals surface area (Å²) in [6.07, 6.45) is 5.63. The summed E-state index contributed by atoms with van der Waals surface area (Å²) in [6, 6.07) is 9.18. The summed E-state index contributed by atoms with van der Waals surface area (Å²) in [4.78, 5) is 12.1. The van der Waals surface area contributed by atoms with Gasteiger partial charge in [-0.05, 0) is 36.6 Å². The number of nitriles is 1. The molecule has 1 fully saturated rings. The van der Waals surface area contributed by atoms with E-state index in [2.05, 4.69) is 0 Å². The van der Waals surface area contributed by atoms with E-state index in [9.17, 15) is 4.79 Å². The Balaban J connectivity index is 2.23. The van der Waals surface area contributed by atoms with Crippen LogP contribution in [-0.2, 0) is 4.79 Å². The number of halogens is 1. The molecule has 0 radical (unpaired) electrons. The Morgan fingerprint density at radius 2 is 2.11 bits per heavy atom. The van der Waals surface area contributed by atoms with Crippen LogP contribution < -0.4 is 0 Å². The SMILES string of the molecule is N#CC(=Cc1cccc(Cl)c1)C(=O)C1CCCC1. The molecule has 0 unspecified atom stereocenters. The first-order valence-corrected chi connectivity index (χ1v) is 6.50. The molecular weight excluding hydrogens is 246 g/mol. The number of carbonyl (C=O) groups is 1. The summed E-state index contributed by atoms with van der Waals surface area (Å²) in [6.45, 7) is 0.